The molecule has 0 amide bonds. The zero-order valence-corrected chi connectivity index (χ0v) is 20.0. The van der Waals surface area contributed by atoms with E-state index in [1.165, 1.54) is 11.6 Å². The lowest BCUT2D eigenvalue weighted by Crippen LogP contribution is -2.29. The number of nitrogens with one attached hydrogen (secondary N) is 1. The van der Waals surface area contributed by atoms with E-state index in [1.54, 1.807) is 31.6 Å². The Morgan fingerprint density at radius 2 is 1.88 bits per heavy atom. The van der Waals surface area contributed by atoms with Crippen LogP contribution in [0.1, 0.15) is 17.8 Å². The fourth-order valence-electron chi connectivity index (χ4n) is 3.80. The second kappa shape index (κ2) is 8.65. The minimum absolute atomic E-state index is 0.0343. The van der Waals surface area contributed by atoms with E-state index in [-0.39, 0.29) is 5.03 Å². The summed E-state index contributed by atoms with van der Waals surface area (Å²) in [4.78, 5) is 23.9. The molecule has 0 fully saturated rings. The van der Waals surface area contributed by atoms with Gasteiger partial charge < -0.3 is 10.2 Å². The van der Waals surface area contributed by atoms with Crippen LogP contribution in [0.15, 0.2) is 54.2 Å². The Bertz CT molecular complexity index is 1520. The number of hydrogen-bond donors (Lipinski definition) is 1. The maximum atomic E-state index is 11.8. The molecule has 5 rings (SSSR count). The molecule has 0 unspecified atom stereocenters. The number of hydrogen-bond acceptors (Lipinski definition) is 9. The topological polar surface area (TPSA) is 118 Å². The van der Waals surface area contributed by atoms with Crippen LogP contribution in [0, 0.1) is 6.92 Å². The summed E-state index contributed by atoms with van der Waals surface area (Å²) in [6.45, 7) is 3.20. The van der Waals surface area contributed by atoms with Gasteiger partial charge in [-0.2, -0.15) is 0 Å². The number of rotatable bonds is 5. The van der Waals surface area contributed by atoms with Gasteiger partial charge in [-0.05, 0) is 31.1 Å². The molecular weight excluding hydrogens is 476 g/mol. The molecule has 34 heavy (non-hydrogen) atoms. The Balaban J connectivity index is 1.40. The lowest BCUT2D eigenvalue weighted by Gasteiger charge is -2.26. The number of fused-ring (bicyclic) bond motifs is 1. The summed E-state index contributed by atoms with van der Waals surface area (Å²) in [6.07, 6.45) is 12.7. The first-order chi connectivity index (χ1) is 16.3. The number of halogens is 1. The van der Waals surface area contributed by atoms with Crippen LogP contribution in [0.3, 0.4) is 0 Å². The van der Waals surface area contributed by atoms with E-state index in [2.05, 4.69) is 41.2 Å². The normalized spacial score (nSPS) is 14.3. The van der Waals surface area contributed by atoms with Crippen molar-refractivity contribution in [3.05, 3.63) is 65.6 Å². The van der Waals surface area contributed by atoms with Crippen LogP contribution in [0.4, 0.5) is 17.5 Å². The molecule has 1 aliphatic heterocycles. The van der Waals surface area contributed by atoms with E-state index in [0.717, 1.165) is 24.9 Å². The molecular formula is C22H21ClN8O2S. The van der Waals surface area contributed by atoms with Crippen molar-refractivity contribution in [2.45, 2.75) is 18.4 Å². The average molecular weight is 497 g/mol. The number of pyridine rings is 1. The van der Waals surface area contributed by atoms with Crippen LogP contribution >= 0.6 is 11.6 Å². The number of aromatic nitrogens is 6. The van der Waals surface area contributed by atoms with Crippen LogP contribution in [0.25, 0.3) is 11.2 Å². The predicted octanol–water partition coefficient (Wildman–Crippen LogP) is 3.32. The van der Waals surface area contributed by atoms with E-state index >= 15 is 0 Å². The van der Waals surface area contributed by atoms with Gasteiger partial charge in [-0.3, -0.25) is 4.40 Å². The highest BCUT2D eigenvalue weighted by atomic mass is 35.5. The van der Waals surface area contributed by atoms with E-state index < -0.39 is 9.84 Å². The van der Waals surface area contributed by atoms with Crippen molar-refractivity contribution in [3.63, 3.8) is 0 Å². The average Bonchev–Trinajstić information content (AvgIpc) is 3.25. The lowest BCUT2D eigenvalue weighted by molar-refractivity contribution is 0.598. The predicted molar refractivity (Wildman–Crippen MR) is 130 cm³/mol. The van der Waals surface area contributed by atoms with Gasteiger partial charge in [-0.15, -0.1) is 0 Å². The zero-order chi connectivity index (χ0) is 23.9. The van der Waals surface area contributed by atoms with Crippen LogP contribution in [-0.4, -0.2) is 57.1 Å². The van der Waals surface area contributed by atoms with E-state index in [0.29, 0.717) is 40.4 Å². The van der Waals surface area contributed by atoms with Crippen molar-refractivity contribution in [1.82, 2.24) is 29.3 Å². The standard InChI is InChI=1S/C22H21ClN8O2S/c1-14-17(3-4-19(28-14)34(2,32)33)29-20-21-25-13-18(31(21)10-7-24-20)15-5-8-30(9-6-15)22-26-11-16(23)12-27-22/h3-5,7,10-13H,6,8-9H2,1-2H3,(H,24,29). The van der Waals surface area contributed by atoms with Crippen molar-refractivity contribution < 1.29 is 8.42 Å². The van der Waals surface area contributed by atoms with Crippen LogP contribution in [0.2, 0.25) is 5.02 Å². The van der Waals surface area contributed by atoms with Gasteiger partial charge in [0.25, 0.3) is 0 Å². The van der Waals surface area contributed by atoms with Crippen molar-refractivity contribution in [1.29, 1.82) is 0 Å². The molecule has 1 aliphatic rings. The highest BCUT2D eigenvalue weighted by molar-refractivity contribution is 7.90. The molecule has 12 heteroatoms. The van der Waals surface area contributed by atoms with E-state index in [9.17, 15) is 8.42 Å². The smallest absolute Gasteiger partial charge is 0.225 e. The van der Waals surface area contributed by atoms with Crippen molar-refractivity contribution >= 4 is 50.1 Å². The highest BCUT2D eigenvalue weighted by Gasteiger charge is 2.19. The van der Waals surface area contributed by atoms with Crippen LogP contribution in [-0.2, 0) is 9.84 Å². The zero-order valence-electron chi connectivity index (χ0n) is 18.5. The van der Waals surface area contributed by atoms with Gasteiger partial charge in [0.2, 0.25) is 5.95 Å². The van der Waals surface area contributed by atoms with Crippen LogP contribution in [0.5, 0.6) is 0 Å². The second-order valence-corrected chi connectivity index (χ2v) is 10.3. The number of anilines is 3. The van der Waals surface area contributed by atoms with Gasteiger partial charge in [-0.1, -0.05) is 17.7 Å². The Hall–Kier alpha value is -3.57. The maximum Gasteiger partial charge on any atom is 0.225 e. The van der Waals surface area contributed by atoms with Gasteiger partial charge in [0.05, 0.1) is 40.7 Å². The number of aryl methyl sites for hydroxylation is 1. The first kappa shape index (κ1) is 22.2. The molecule has 0 saturated carbocycles. The van der Waals surface area contributed by atoms with Gasteiger partial charge >= 0.3 is 0 Å². The third-order valence-corrected chi connectivity index (χ3v) is 6.73. The highest BCUT2D eigenvalue weighted by Crippen LogP contribution is 2.28. The Kier molecular flexibility index (Phi) is 5.66. The SMILES string of the molecule is Cc1nc(S(C)(=O)=O)ccc1Nc1nccn2c(C3=CCN(c4ncc(Cl)cn4)CC3)cnc12. The lowest BCUT2D eigenvalue weighted by atomic mass is 10.1. The van der Waals surface area contributed by atoms with Crippen molar-refractivity contribution in [3.8, 4) is 0 Å². The van der Waals surface area contributed by atoms with Crippen molar-refractivity contribution in [2.75, 3.05) is 29.6 Å². The molecule has 0 atom stereocenters. The Morgan fingerprint density at radius 1 is 1.09 bits per heavy atom. The second-order valence-electron chi connectivity index (χ2n) is 7.92. The maximum absolute atomic E-state index is 11.8. The Morgan fingerprint density at radius 3 is 2.56 bits per heavy atom. The third-order valence-electron chi connectivity index (χ3n) is 5.55. The minimum atomic E-state index is -3.38. The summed E-state index contributed by atoms with van der Waals surface area (Å²) >= 11 is 5.89. The van der Waals surface area contributed by atoms with E-state index in [4.69, 9.17) is 11.6 Å². The third kappa shape index (κ3) is 4.31. The monoisotopic (exact) mass is 496 g/mol. The quantitative estimate of drug-likeness (QED) is 0.443. The molecule has 4 aromatic rings. The molecule has 10 nitrogen and oxygen atoms in total. The molecule has 0 aromatic carbocycles. The first-order valence-corrected chi connectivity index (χ1v) is 12.8. The molecule has 0 spiro atoms. The molecule has 0 bridgehead atoms. The molecule has 1 N–H and O–H groups in total. The molecule has 174 valence electrons. The molecule has 0 radical (unpaired) electrons. The Labute approximate surface area is 201 Å². The summed E-state index contributed by atoms with van der Waals surface area (Å²) in [7, 11) is -3.38. The number of imidazole rings is 1. The number of sulfone groups is 1. The number of nitrogens with zero attached hydrogens (tertiary/aromatic N) is 7. The van der Waals surface area contributed by atoms with Crippen molar-refractivity contribution in [2.24, 2.45) is 0 Å². The summed E-state index contributed by atoms with van der Waals surface area (Å²) in [5.41, 5.74) is 4.03. The van der Waals surface area contributed by atoms with E-state index in [1.807, 2.05) is 16.8 Å². The summed E-state index contributed by atoms with van der Waals surface area (Å²) in [5, 5.41) is 3.78. The fraction of sp³-hybridized carbons (Fsp3) is 0.227. The summed E-state index contributed by atoms with van der Waals surface area (Å²) in [5.74, 6) is 1.21. The molecule has 5 heterocycles. The molecule has 0 aliphatic carbocycles. The summed E-state index contributed by atoms with van der Waals surface area (Å²) < 4.78 is 25.5. The van der Waals surface area contributed by atoms with Gasteiger partial charge in [-0.25, -0.2) is 33.3 Å². The molecule has 4 aromatic heterocycles. The largest absolute Gasteiger partial charge is 0.337 e. The van der Waals surface area contributed by atoms with Gasteiger partial charge in [0.1, 0.15) is 0 Å². The van der Waals surface area contributed by atoms with Gasteiger partial charge in [0.15, 0.2) is 26.3 Å². The molecule has 0 saturated heterocycles. The minimum Gasteiger partial charge on any atom is -0.337 e. The van der Waals surface area contributed by atoms with Gasteiger partial charge in [0, 0.05) is 31.7 Å². The fourth-order valence-corrected chi connectivity index (χ4v) is 4.52. The van der Waals surface area contributed by atoms with Crippen LogP contribution < -0.4 is 10.2 Å². The first-order valence-electron chi connectivity index (χ1n) is 10.5. The summed E-state index contributed by atoms with van der Waals surface area (Å²) in [6, 6.07) is 3.16.